The molecular formula is C11H9F3O6S. The van der Waals surface area contributed by atoms with Gasteiger partial charge in [0.15, 0.2) is 18.3 Å². The molecule has 1 aliphatic heterocycles. The first-order chi connectivity index (χ1) is 9.69. The molecule has 1 aromatic carbocycles. The summed E-state index contributed by atoms with van der Waals surface area (Å²) in [5, 5.41) is 0. The average molecular weight is 326 g/mol. The summed E-state index contributed by atoms with van der Waals surface area (Å²) < 4.78 is 72.4. The zero-order valence-corrected chi connectivity index (χ0v) is 11.3. The summed E-state index contributed by atoms with van der Waals surface area (Å²) in [4.78, 5) is 10.9. The Kier molecular flexibility index (Phi) is 3.95. The van der Waals surface area contributed by atoms with Crippen molar-refractivity contribution in [1.82, 2.24) is 0 Å². The van der Waals surface area contributed by atoms with Crippen LogP contribution in [0.4, 0.5) is 13.2 Å². The zero-order valence-electron chi connectivity index (χ0n) is 10.5. The minimum Gasteiger partial charge on any atom is -0.375 e. The van der Waals surface area contributed by atoms with Crippen molar-refractivity contribution in [3.8, 4) is 5.75 Å². The standard InChI is InChI=1S/C11H9F3O6S/c1-18-10-9(19-10)6-2-3-8(7(4-6)5-15)20-21(16,17)11(12,13)14/h2-5,9-10H,1H3. The Morgan fingerprint density at radius 3 is 2.48 bits per heavy atom. The summed E-state index contributed by atoms with van der Waals surface area (Å²) in [5.74, 6) is -0.708. The minimum atomic E-state index is -5.83. The van der Waals surface area contributed by atoms with Gasteiger partial charge in [0.2, 0.25) is 0 Å². The fraction of sp³-hybridized carbons (Fsp3) is 0.364. The number of halogens is 3. The molecule has 0 aromatic heterocycles. The van der Waals surface area contributed by atoms with E-state index < -0.39 is 33.8 Å². The number of carbonyl (C=O) groups is 1. The first-order valence-electron chi connectivity index (χ1n) is 5.47. The molecule has 0 spiro atoms. The van der Waals surface area contributed by atoms with Crippen molar-refractivity contribution in [1.29, 1.82) is 0 Å². The number of hydrogen-bond acceptors (Lipinski definition) is 6. The Labute approximate surface area is 117 Å². The van der Waals surface area contributed by atoms with Crippen molar-refractivity contribution in [2.75, 3.05) is 7.11 Å². The van der Waals surface area contributed by atoms with Crippen molar-refractivity contribution in [3.05, 3.63) is 29.3 Å². The Morgan fingerprint density at radius 1 is 1.33 bits per heavy atom. The van der Waals surface area contributed by atoms with Gasteiger partial charge in [-0.2, -0.15) is 21.6 Å². The molecule has 1 fully saturated rings. The van der Waals surface area contributed by atoms with Gasteiger partial charge in [0.05, 0.1) is 5.56 Å². The summed E-state index contributed by atoms with van der Waals surface area (Å²) in [6, 6.07) is 3.42. The van der Waals surface area contributed by atoms with Crippen molar-refractivity contribution >= 4 is 16.4 Å². The van der Waals surface area contributed by atoms with Crippen LogP contribution in [0.3, 0.4) is 0 Å². The van der Waals surface area contributed by atoms with E-state index in [9.17, 15) is 26.4 Å². The monoisotopic (exact) mass is 326 g/mol. The van der Waals surface area contributed by atoms with Crippen LogP contribution in [-0.4, -0.2) is 33.6 Å². The normalized spacial score (nSPS) is 21.9. The van der Waals surface area contributed by atoms with Gasteiger partial charge in [-0.25, -0.2) is 0 Å². The molecule has 1 aromatic rings. The van der Waals surface area contributed by atoms with Crippen LogP contribution in [-0.2, 0) is 19.6 Å². The van der Waals surface area contributed by atoms with E-state index in [1.165, 1.54) is 19.2 Å². The third-order valence-electron chi connectivity index (χ3n) is 2.66. The first-order valence-corrected chi connectivity index (χ1v) is 6.88. The molecular weight excluding hydrogens is 317 g/mol. The van der Waals surface area contributed by atoms with Gasteiger partial charge in [0.1, 0.15) is 6.10 Å². The Morgan fingerprint density at radius 2 is 2.00 bits per heavy atom. The van der Waals surface area contributed by atoms with E-state index in [0.717, 1.165) is 6.07 Å². The summed E-state index contributed by atoms with van der Waals surface area (Å²) >= 11 is 0. The van der Waals surface area contributed by atoms with Crippen LogP contribution in [0.5, 0.6) is 5.75 Å². The van der Waals surface area contributed by atoms with Gasteiger partial charge < -0.3 is 13.7 Å². The van der Waals surface area contributed by atoms with Crippen LogP contribution in [0.1, 0.15) is 22.0 Å². The third-order valence-corrected chi connectivity index (χ3v) is 3.62. The third kappa shape index (κ3) is 3.17. The van der Waals surface area contributed by atoms with E-state index in [4.69, 9.17) is 9.47 Å². The van der Waals surface area contributed by atoms with Crippen molar-refractivity contribution < 1.29 is 40.0 Å². The lowest BCUT2D eigenvalue weighted by molar-refractivity contribution is -0.0500. The maximum Gasteiger partial charge on any atom is 0.534 e. The molecule has 0 N–H and O–H groups in total. The number of epoxide rings is 1. The van der Waals surface area contributed by atoms with E-state index in [-0.39, 0.29) is 11.8 Å². The van der Waals surface area contributed by atoms with Crippen molar-refractivity contribution in [2.24, 2.45) is 0 Å². The highest BCUT2D eigenvalue weighted by atomic mass is 32.2. The zero-order chi connectivity index (χ0) is 15.8. The van der Waals surface area contributed by atoms with Crippen LogP contribution in [0.2, 0.25) is 0 Å². The first kappa shape index (κ1) is 15.7. The predicted octanol–water partition coefficient (Wildman–Crippen LogP) is 1.77. The number of benzene rings is 1. The number of methoxy groups -OCH3 is 1. The second kappa shape index (κ2) is 5.28. The molecule has 1 heterocycles. The van der Waals surface area contributed by atoms with Gasteiger partial charge >= 0.3 is 15.6 Å². The van der Waals surface area contributed by atoms with Gasteiger partial charge in [-0.1, -0.05) is 6.07 Å². The summed E-state index contributed by atoms with van der Waals surface area (Å²) in [6.45, 7) is 0. The summed E-state index contributed by atoms with van der Waals surface area (Å²) in [6.07, 6.45) is -0.772. The molecule has 10 heteroatoms. The number of hydrogen-bond donors (Lipinski definition) is 0. The second-order valence-corrected chi connectivity index (χ2v) is 5.60. The molecule has 0 saturated carbocycles. The maximum absolute atomic E-state index is 12.2. The number of carbonyl (C=O) groups excluding carboxylic acids is 1. The molecule has 0 aliphatic carbocycles. The van der Waals surface area contributed by atoms with Gasteiger partial charge in [-0.05, 0) is 17.7 Å². The van der Waals surface area contributed by atoms with Gasteiger partial charge in [-0.15, -0.1) is 0 Å². The van der Waals surface area contributed by atoms with Gasteiger partial charge in [0, 0.05) is 7.11 Å². The highest BCUT2D eigenvalue weighted by molar-refractivity contribution is 7.88. The van der Waals surface area contributed by atoms with E-state index in [2.05, 4.69) is 4.18 Å². The molecule has 0 radical (unpaired) electrons. The average Bonchev–Trinajstić information content (AvgIpc) is 3.17. The predicted molar refractivity (Wildman–Crippen MR) is 62.1 cm³/mol. The largest absolute Gasteiger partial charge is 0.534 e. The fourth-order valence-corrected chi connectivity index (χ4v) is 2.07. The minimum absolute atomic E-state index is 0.189. The van der Waals surface area contributed by atoms with E-state index >= 15 is 0 Å². The number of aldehydes is 1. The summed E-state index contributed by atoms with van der Waals surface area (Å²) in [7, 11) is -4.43. The molecule has 2 atom stereocenters. The lowest BCUT2D eigenvalue weighted by atomic mass is 10.1. The van der Waals surface area contributed by atoms with Crippen molar-refractivity contribution in [3.63, 3.8) is 0 Å². The smallest absolute Gasteiger partial charge is 0.375 e. The highest BCUT2D eigenvalue weighted by Gasteiger charge is 2.49. The molecule has 2 rings (SSSR count). The summed E-state index contributed by atoms with van der Waals surface area (Å²) in [5.41, 5.74) is -5.46. The number of alkyl halides is 3. The van der Waals surface area contributed by atoms with Crippen LogP contribution in [0.15, 0.2) is 18.2 Å². The van der Waals surface area contributed by atoms with E-state index in [0.29, 0.717) is 5.56 Å². The number of rotatable bonds is 5. The lowest BCUT2D eigenvalue weighted by Gasteiger charge is -2.11. The number of ether oxygens (including phenoxy) is 2. The van der Waals surface area contributed by atoms with Crippen molar-refractivity contribution in [2.45, 2.75) is 17.9 Å². The molecule has 6 nitrogen and oxygen atoms in total. The maximum atomic E-state index is 12.2. The molecule has 116 valence electrons. The van der Waals surface area contributed by atoms with E-state index in [1.807, 2.05) is 0 Å². The SMILES string of the molecule is COC1OC1c1ccc(OS(=O)(=O)C(F)(F)F)c(C=O)c1. The Bertz CT molecular complexity index is 654. The molecule has 21 heavy (non-hydrogen) atoms. The van der Waals surface area contributed by atoms with Gasteiger partial charge in [0.25, 0.3) is 0 Å². The van der Waals surface area contributed by atoms with Crippen LogP contribution >= 0.6 is 0 Å². The molecule has 1 saturated heterocycles. The van der Waals surface area contributed by atoms with Crippen LogP contribution in [0.25, 0.3) is 0 Å². The topological polar surface area (TPSA) is 82.2 Å². The molecule has 1 aliphatic rings. The van der Waals surface area contributed by atoms with E-state index in [1.54, 1.807) is 0 Å². The van der Waals surface area contributed by atoms with Gasteiger partial charge in [-0.3, -0.25) is 4.79 Å². The highest BCUT2D eigenvalue weighted by Crippen LogP contribution is 2.40. The second-order valence-electron chi connectivity index (χ2n) is 4.06. The Balaban J connectivity index is 2.28. The molecule has 0 bridgehead atoms. The Hall–Kier alpha value is -1.65. The van der Waals surface area contributed by atoms with Crippen LogP contribution < -0.4 is 4.18 Å². The molecule has 2 unspecified atom stereocenters. The molecule has 0 amide bonds. The fourth-order valence-electron chi connectivity index (χ4n) is 1.59. The quantitative estimate of drug-likeness (QED) is 0.355. The lowest BCUT2D eigenvalue weighted by Crippen LogP contribution is -2.28. The van der Waals surface area contributed by atoms with Crippen LogP contribution in [0, 0.1) is 0 Å².